The molecule has 0 fully saturated rings. The molecule has 6 nitrogen and oxygen atoms in total. The lowest BCUT2D eigenvalue weighted by Crippen LogP contribution is -2.09. The largest absolute Gasteiger partial charge is 0.497 e. The van der Waals surface area contributed by atoms with Crippen molar-refractivity contribution >= 4 is 5.97 Å². The van der Waals surface area contributed by atoms with Crippen LogP contribution in [-0.4, -0.2) is 23.3 Å². The van der Waals surface area contributed by atoms with Crippen molar-refractivity contribution in [3.63, 3.8) is 0 Å². The molecule has 0 unspecified atom stereocenters. The van der Waals surface area contributed by atoms with E-state index in [0.717, 1.165) is 11.3 Å². The molecule has 1 atom stereocenters. The van der Waals surface area contributed by atoms with E-state index in [1.54, 1.807) is 26.2 Å². The zero-order valence-electron chi connectivity index (χ0n) is 15.8. The van der Waals surface area contributed by atoms with Gasteiger partial charge in [-0.1, -0.05) is 26.0 Å². The third-order valence-electron chi connectivity index (χ3n) is 4.22. The van der Waals surface area contributed by atoms with Crippen LogP contribution in [-0.2, 0) is 4.74 Å². The topological polar surface area (TPSA) is 74.5 Å². The summed E-state index contributed by atoms with van der Waals surface area (Å²) in [6, 6.07) is 14.7. The predicted octanol–water partition coefficient (Wildman–Crippen LogP) is 4.79. The summed E-state index contributed by atoms with van der Waals surface area (Å²) in [6.07, 6.45) is -0.651. The number of nitrogens with zero attached hydrogens (tertiary/aromatic N) is 2. The molecule has 0 aliphatic carbocycles. The summed E-state index contributed by atoms with van der Waals surface area (Å²) in [4.78, 5) is 12.3. The van der Waals surface area contributed by atoms with Gasteiger partial charge in [-0.2, -0.15) is 0 Å². The van der Waals surface area contributed by atoms with Crippen LogP contribution in [0.4, 0.5) is 0 Å². The highest BCUT2D eigenvalue weighted by atomic mass is 16.6. The van der Waals surface area contributed by atoms with Crippen molar-refractivity contribution in [1.82, 2.24) is 10.2 Å². The fourth-order valence-electron chi connectivity index (χ4n) is 2.53. The lowest BCUT2D eigenvalue weighted by molar-refractivity contribution is 0.0280. The second-order valence-electron chi connectivity index (χ2n) is 6.50. The fourth-order valence-corrected chi connectivity index (χ4v) is 2.53. The molecule has 0 spiro atoms. The standard InChI is InChI=1S/C21H22N2O4/c1-13(2)15-5-7-17(8-6-15)21(24)26-14(3)19-22-23-20(27-19)16-9-11-18(25-4)12-10-16/h5-14H,1-4H3/t14-/m0/s1. The maximum absolute atomic E-state index is 12.3. The molecule has 0 N–H and O–H groups in total. The van der Waals surface area contributed by atoms with Gasteiger partial charge >= 0.3 is 5.97 Å². The van der Waals surface area contributed by atoms with Gasteiger partial charge < -0.3 is 13.9 Å². The Balaban J connectivity index is 1.68. The molecule has 6 heteroatoms. The Hall–Kier alpha value is -3.15. The number of esters is 1. The monoisotopic (exact) mass is 366 g/mol. The van der Waals surface area contributed by atoms with Crippen molar-refractivity contribution in [3.05, 3.63) is 65.5 Å². The first-order valence-corrected chi connectivity index (χ1v) is 8.76. The first-order chi connectivity index (χ1) is 13.0. The maximum atomic E-state index is 12.3. The summed E-state index contributed by atoms with van der Waals surface area (Å²) >= 11 is 0. The van der Waals surface area contributed by atoms with Gasteiger partial charge in [0.2, 0.25) is 5.89 Å². The van der Waals surface area contributed by atoms with Crippen LogP contribution in [0.25, 0.3) is 11.5 Å². The molecule has 1 aromatic heterocycles. The van der Waals surface area contributed by atoms with Gasteiger partial charge in [-0.05, 0) is 54.8 Å². The smallest absolute Gasteiger partial charge is 0.338 e. The van der Waals surface area contributed by atoms with E-state index in [4.69, 9.17) is 13.9 Å². The van der Waals surface area contributed by atoms with E-state index in [1.165, 1.54) is 5.56 Å². The molecule has 3 rings (SSSR count). The molecule has 2 aromatic carbocycles. The van der Waals surface area contributed by atoms with Crippen LogP contribution in [0.5, 0.6) is 5.75 Å². The average molecular weight is 366 g/mol. The molecule has 0 aliphatic heterocycles. The maximum Gasteiger partial charge on any atom is 0.338 e. The van der Waals surface area contributed by atoms with Crippen molar-refractivity contribution in [3.8, 4) is 17.2 Å². The average Bonchev–Trinajstić information content (AvgIpc) is 3.18. The molecule has 1 heterocycles. The molecule has 27 heavy (non-hydrogen) atoms. The molecule has 0 amide bonds. The normalized spacial score (nSPS) is 12.0. The van der Waals surface area contributed by atoms with Crippen molar-refractivity contribution < 1.29 is 18.7 Å². The molecule has 0 aliphatic rings. The van der Waals surface area contributed by atoms with E-state index in [2.05, 4.69) is 24.0 Å². The van der Waals surface area contributed by atoms with Gasteiger partial charge in [0.05, 0.1) is 12.7 Å². The highest BCUT2D eigenvalue weighted by molar-refractivity contribution is 5.89. The molecular weight excluding hydrogens is 344 g/mol. The summed E-state index contributed by atoms with van der Waals surface area (Å²) in [6.45, 7) is 5.91. The van der Waals surface area contributed by atoms with E-state index in [9.17, 15) is 4.79 Å². The zero-order valence-corrected chi connectivity index (χ0v) is 15.8. The first kappa shape index (κ1) is 18.6. The number of ether oxygens (including phenoxy) is 2. The Morgan fingerprint density at radius 1 is 0.963 bits per heavy atom. The summed E-state index contributed by atoms with van der Waals surface area (Å²) < 4.78 is 16.2. The van der Waals surface area contributed by atoms with E-state index in [1.807, 2.05) is 36.4 Å². The van der Waals surface area contributed by atoms with Gasteiger partial charge in [0.25, 0.3) is 5.89 Å². The molecule has 140 valence electrons. The highest BCUT2D eigenvalue weighted by Crippen LogP contribution is 2.25. The minimum Gasteiger partial charge on any atom is -0.497 e. The van der Waals surface area contributed by atoms with Gasteiger partial charge in [0, 0.05) is 5.56 Å². The molecule has 0 saturated carbocycles. The number of hydrogen-bond donors (Lipinski definition) is 0. The Bertz CT molecular complexity index is 899. The lowest BCUT2D eigenvalue weighted by atomic mass is 10.0. The van der Waals surface area contributed by atoms with E-state index < -0.39 is 12.1 Å². The summed E-state index contributed by atoms with van der Waals surface area (Å²) in [5.74, 6) is 1.32. The van der Waals surface area contributed by atoms with Crippen LogP contribution < -0.4 is 4.74 Å². The number of aromatic nitrogens is 2. The van der Waals surface area contributed by atoms with E-state index in [0.29, 0.717) is 17.4 Å². The van der Waals surface area contributed by atoms with E-state index in [-0.39, 0.29) is 5.89 Å². The minimum absolute atomic E-state index is 0.243. The fraction of sp³-hybridized carbons (Fsp3) is 0.286. The van der Waals surface area contributed by atoms with Crippen LogP contribution in [0.3, 0.4) is 0 Å². The van der Waals surface area contributed by atoms with Crippen molar-refractivity contribution in [1.29, 1.82) is 0 Å². The second-order valence-corrected chi connectivity index (χ2v) is 6.50. The third kappa shape index (κ3) is 4.34. The summed E-state index contributed by atoms with van der Waals surface area (Å²) in [5, 5.41) is 8.02. The molecule has 0 saturated heterocycles. The Morgan fingerprint density at radius 2 is 1.63 bits per heavy atom. The van der Waals surface area contributed by atoms with Gasteiger partial charge in [-0.15, -0.1) is 10.2 Å². The Kier molecular flexibility index (Phi) is 5.54. The first-order valence-electron chi connectivity index (χ1n) is 8.76. The third-order valence-corrected chi connectivity index (χ3v) is 4.22. The van der Waals surface area contributed by atoms with Gasteiger partial charge in [-0.25, -0.2) is 4.79 Å². The minimum atomic E-state index is -0.651. The van der Waals surface area contributed by atoms with Crippen LogP contribution in [0.1, 0.15) is 54.6 Å². The number of carbonyl (C=O) groups is 1. The van der Waals surface area contributed by atoms with Crippen molar-refractivity contribution in [2.45, 2.75) is 32.8 Å². The summed E-state index contributed by atoms with van der Waals surface area (Å²) in [5.41, 5.74) is 2.42. The van der Waals surface area contributed by atoms with Gasteiger partial charge in [-0.3, -0.25) is 0 Å². The number of benzene rings is 2. The van der Waals surface area contributed by atoms with Crippen molar-refractivity contribution in [2.75, 3.05) is 7.11 Å². The van der Waals surface area contributed by atoms with Gasteiger partial charge in [0.1, 0.15) is 5.75 Å². The second kappa shape index (κ2) is 8.03. The Morgan fingerprint density at radius 3 is 2.22 bits per heavy atom. The van der Waals surface area contributed by atoms with Crippen LogP contribution >= 0.6 is 0 Å². The Labute approximate surface area is 158 Å². The molecule has 0 bridgehead atoms. The molecular formula is C21H22N2O4. The quantitative estimate of drug-likeness (QED) is 0.584. The number of methoxy groups -OCH3 is 1. The van der Waals surface area contributed by atoms with Gasteiger partial charge in [0.15, 0.2) is 6.10 Å². The molecule has 3 aromatic rings. The lowest BCUT2D eigenvalue weighted by Gasteiger charge is -2.10. The highest BCUT2D eigenvalue weighted by Gasteiger charge is 2.20. The summed E-state index contributed by atoms with van der Waals surface area (Å²) in [7, 11) is 1.60. The van der Waals surface area contributed by atoms with Crippen LogP contribution in [0.2, 0.25) is 0 Å². The number of hydrogen-bond acceptors (Lipinski definition) is 6. The number of rotatable bonds is 6. The zero-order chi connectivity index (χ0) is 19.4. The SMILES string of the molecule is COc1ccc(-c2nnc([C@H](C)OC(=O)c3ccc(C(C)C)cc3)o2)cc1. The van der Waals surface area contributed by atoms with Crippen LogP contribution in [0, 0.1) is 0 Å². The molecule has 0 radical (unpaired) electrons. The van der Waals surface area contributed by atoms with Crippen molar-refractivity contribution in [2.24, 2.45) is 0 Å². The predicted molar refractivity (Wildman–Crippen MR) is 101 cm³/mol. The number of carbonyl (C=O) groups excluding carboxylic acids is 1. The van der Waals surface area contributed by atoms with E-state index >= 15 is 0 Å². The van der Waals surface area contributed by atoms with Crippen LogP contribution in [0.15, 0.2) is 52.9 Å².